The van der Waals surface area contributed by atoms with Gasteiger partial charge in [-0.15, -0.1) is 0 Å². The molecule has 0 bridgehead atoms. The van der Waals surface area contributed by atoms with Crippen LogP contribution in [0.5, 0.6) is 0 Å². The highest BCUT2D eigenvalue weighted by Gasteiger charge is 2.23. The summed E-state index contributed by atoms with van der Waals surface area (Å²) in [5.41, 5.74) is 1.18. The molecule has 0 radical (unpaired) electrons. The van der Waals surface area contributed by atoms with Gasteiger partial charge >= 0.3 is 0 Å². The van der Waals surface area contributed by atoms with E-state index in [1.54, 1.807) is 24.3 Å². The van der Waals surface area contributed by atoms with E-state index < -0.39 is 0 Å². The summed E-state index contributed by atoms with van der Waals surface area (Å²) in [5, 5.41) is 5.83. The second kappa shape index (κ2) is 9.14. The Morgan fingerprint density at radius 1 is 1.23 bits per heavy atom. The fraction of sp³-hybridized carbons (Fsp3) is 0.600. The molecule has 1 aromatic rings. The highest BCUT2D eigenvalue weighted by atomic mass is 16.5. The monoisotopic (exact) mass is 359 g/mol. The summed E-state index contributed by atoms with van der Waals surface area (Å²) in [4.78, 5) is 27.0. The van der Waals surface area contributed by atoms with Crippen LogP contribution < -0.4 is 10.6 Å². The lowest BCUT2D eigenvalue weighted by molar-refractivity contribution is -0.124. The summed E-state index contributed by atoms with van der Waals surface area (Å²) >= 11 is 0. The molecular weight excluding hydrogens is 330 g/mol. The Bertz CT molecular complexity index is 628. The lowest BCUT2D eigenvalue weighted by Crippen LogP contribution is -2.42. The molecule has 2 saturated heterocycles. The van der Waals surface area contributed by atoms with Gasteiger partial charge in [0.25, 0.3) is 11.8 Å². The minimum Gasteiger partial charge on any atom is -0.368 e. The Balaban J connectivity index is 1.48. The van der Waals surface area contributed by atoms with Gasteiger partial charge in [-0.2, -0.15) is 0 Å². The fourth-order valence-electron chi connectivity index (χ4n) is 3.65. The van der Waals surface area contributed by atoms with Crippen molar-refractivity contribution in [1.29, 1.82) is 0 Å². The minimum absolute atomic E-state index is 0.108. The van der Waals surface area contributed by atoms with E-state index in [1.807, 2.05) is 0 Å². The normalized spacial score (nSPS) is 23.6. The van der Waals surface area contributed by atoms with Crippen molar-refractivity contribution < 1.29 is 14.3 Å². The first-order chi connectivity index (χ1) is 12.6. The van der Waals surface area contributed by atoms with Crippen molar-refractivity contribution in [3.05, 3.63) is 29.8 Å². The molecule has 2 heterocycles. The maximum Gasteiger partial charge on any atom is 0.253 e. The third kappa shape index (κ3) is 5.05. The largest absolute Gasteiger partial charge is 0.368 e. The second-order valence-electron chi connectivity index (χ2n) is 7.21. The molecule has 26 heavy (non-hydrogen) atoms. The first-order valence-corrected chi connectivity index (χ1v) is 9.68. The zero-order chi connectivity index (χ0) is 18.4. The first-order valence-electron chi connectivity index (χ1n) is 9.68. The molecule has 6 nitrogen and oxygen atoms in total. The van der Waals surface area contributed by atoms with Gasteiger partial charge in [-0.3, -0.25) is 14.5 Å². The van der Waals surface area contributed by atoms with Crippen molar-refractivity contribution in [3.63, 3.8) is 0 Å². The van der Waals surface area contributed by atoms with Crippen LogP contribution in [0.25, 0.3) is 0 Å². The molecule has 0 spiro atoms. The van der Waals surface area contributed by atoms with Crippen molar-refractivity contribution in [2.24, 2.45) is 0 Å². The van der Waals surface area contributed by atoms with Crippen LogP contribution >= 0.6 is 0 Å². The molecule has 2 unspecified atom stereocenters. The number of piperidine rings is 1. The number of anilines is 1. The van der Waals surface area contributed by atoms with E-state index in [1.165, 1.54) is 19.3 Å². The predicted molar refractivity (Wildman–Crippen MR) is 101 cm³/mol. The van der Waals surface area contributed by atoms with Gasteiger partial charge in [0.15, 0.2) is 0 Å². The third-order valence-corrected chi connectivity index (χ3v) is 5.24. The summed E-state index contributed by atoms with van der Waals surface area (Å²) in [6.07, 6.45) is 5.07. The van der Waals surface area contributed by atoms with Gasteiger partial charge in [-0.05, 0) is 57.4 Å². The Labute approximate surface area is 155 Å². The zero-order valence-corrected chi connectivity index (χ0v) is 15.5. The average molecular weight is 359 g/mol. The molecule has 0 aliphatic carbocycles. The number of nitrogens with zero attached hydrogens (tertiary/aromatic N) is 1. The molecule has 142 valence electrons. The van der Waals surface area contributed by atoms with E-state index in [0.29, 0.717) is 30.4 Å². The van der Waals surface area contributed by atoms with Crippen LogP contribution in [-0.2, 0) is 9.53 Å². The molecule has 6 heteroatoms. The number of rotatable bonds is 6. The van der Waals surface area contributed by atoms with E-state index in [9.17, 15) is 9.59 Å². The van der Waals surface area contributed by atoms with E-state index in [4.69, 9.17) is 4.74 Å². The molecule has 2 fully saturated rings. The molecule has 0 aromatic heterocycles. The molecular formula is C20H29N3O3. The minimum atomic E-state index is -0.376. The van der Waals surface area contributed by atoms with E-state index in [-0.39, 0.29) is 17.9 Å². The number of carbonyl (C=O) groups excluding carboxylic acids is 2. The van der Waals surface area contributed by atoms with Gasteiger partial charge in [0, 0.05) is 37.0 Å². The summed E-state index contributed by atoms with van der Waals surface area (Å²) in [6, 6.07) is 7.65. The van der Waals surface area contributed by atoms with Crippen molar-refractivity contribution >= 4 is 17.5 Å². The third-order valence-electron chi connectivity index (χ3n) is 5.24. The number of hydrogen-bond acceptors (Lipinski definition) is 4. The molecule has 0 saturated carbocycles. The number of hydrogen-bond donors (Lipinski definition) is 2. The Morgan fingerprint density at radius 3 is 2.88 bits per heavy atom. The van der Waals surface area contributed by atoms with Crippen LogP contribution in [-0.4, -0.2) is 55.1 Å². The number of likely N-dealkylation sites (tertiary alicyclic amines) is 1. The predicted octanol–water partition coefficient (Wildman–Crippen LogP) is 2.41. The smallest absolute Gasteiger partial charge is 0.253 e. The Kier molecular flexibility index (Phi) is 6.63. The van der Waals surface area contributed by atoms with Gasteiger partial charge < -0.3 is 15.4 Å². The van der Waals surface area contributed by atoms with E-state index >= 15 is 0 Å². The summed E-state index contributed by atoms with van der Waals surface area (Å²) in [5.74, 6) is -0.248. The number of ether oxygens (including phenoxy) is 1. The van der Waals surface area contributed by atoms with Crippen LogP contribution in [0.4, 0.5) is 5.69 Å². The van der Waals surface area contributed by atoms with Crippen molar-refractivity contribution in [1.82, 2.24) is 10.2 Å². The number of amides is 2. The SMILES string of the molecule is CC1CCCCN1CCNC(=O)c1cccc(NC(=O)C2CCCO2)c1. The molecule has 2 N–H and O–H groups in total. The Morgan fingerprint density at radius 2 is 2.12 bits per heavy atom. The fourth-order valence-corrected chi connectivity index (χ4v) is 3.65. The molecule has 3 rings (SSSR count). The standard InChI is InChI=1S/C20H29N3O3/c1-15-6-2-3-11-23(15)12-10-21-19(24)16-7-4-8-17(14-16)22-20(25)18-9-5-13-26-18/h4,7-8,14-15,18H,2-3,5-6,9-13H2,1H3,(H,21,24)(H,22,25). The summed E-state index contributed by atoms with van der Waals surface area (Å²) in [6.45, 7) is 5.51. The summed E-state index contributed by atoms with van der Waals surface area (Å²) < 4.78 is 5.39. The quantitative estimate of drug-likeness (QED) is 0.818. The maximum atomic E-state index is 12.4. The van der Waals surface area contributed by atoms with Crippen molar-refractivity contribution in [2.45, 2.75) is 51.2 Å². The van der Waals surface area contributed by atoms with E-state index in [2.05, 4.69) is 22.5 Å². The van der Waals surface area contributed by atoms with Crippen LogP contribution in [0.3, 0.4) is 0 Å². The van der Waals surface area contributed by atoms with Crippen molar-refractivity contribution in [2.75, 3.05) is 31.6 Å². The van der Waals surface area contributed by atoms with Crippen LogP contribution in [0.15, 0.2) is 24.3 Å². The second-order valence-corrected chi connectivity index (χ2v) is 7.21. The van der Waals surface area contributed by atoms with Gasteiger partial charge in [0.2, 0.25) is 0 Å². The number of carbonyl (C=O) groups is 2. The van der Waals surface area contributed by atoms with Crippen molar-refractivity contribution in [3.8, 4) is 0 Å². The average Bonchev–Trinajstić information content (AvgIpc) is 3.18. The van der Waals surface area contributed by atoms with Crippen LogP contribution in [0.2, 0.25) is 0 Å². The molecule has 2 aliphatic rings. The topological polar surface area (TPSA) is 70.7 Å². The molecule has 2 amide bonds. The van der Waals surface area contributed by atoms with E-state index in [0.717, 1.165) is 25.9 Å². The lowest BCUT2D eigenvalue weighted by Gasteiger charge is -2.33. The van der Waals surface area contributed by atoms with Gasteiger partial charge in [-0.1, -0.05) is 12.5 Å². The zero-order valence-electron chi connectivity index (χ0n) is 15.5. The first kappa shape index (κ1) is 18.9. The highest BCUT2D eigenvalue weighted by molar-refractivity contribution is 5.98. The molecule has 2 atom stereocenters. The summed E-state index contributed by atoms with van der Waals surface area (Å²) in [7, 11) is 0. The van der Waals surface area contributed by atoms with Crippen LogP contribution in [0, 0.1) is 0 Å². The number of benzene rings is 1. The maximum absolute atomic E-state index is 12.4. The lowest BCUT2D eigenvalue weighted by atomic mass is 10.0. The van der Waals surface area contributed by atoms with Gasteiger partial charge in [-0.25, -0.2) is 0 Å². The highest BCUT2D eigenvalue weighted by Crippen LogP contribution is 2.17. The molecule has 1 aromatic carbocycles. The van der Waals surface area contributed by atoms with Crippen LogP contribution in [0.1, 0.15) is 49.4 Å². The molecule has 2 aliphatic heterocycles. The Hall–Kier alpha value is -1.92. The number of nitrogens with one attached hydrogen (secondary N) is 2. The van der Waals surface area contributed by atoms with Gasteiger partial charge in [0.1, 0.15) is 6.10 Å². The van der Waals surface area contributed by atoms with Gasteiger partial charge in [0.05, 0.1) is 0 Å².